The van der Waals surface area contributed by atoms with Crippen LogP contribution in [0.1, 0.15) is 162 Å². The van der Waals surface area contributed by atoms with Crippen LogP contribution in [0.15, 0.2) is 0 Å². The summed E-state index contributed by atoms with van der Waals surface area (Å²) in [5.41, 5.74) is 11.2. The largest absolute Gasteiger partial charge is 0.354 e. The second-order valence-electron chi connectivity index (χ2n) is 12.6. The molecule has 0 bridgehead atoms. The molecule has 0 heterocycles. The maximum atomic E-state index is 12.7. The van der Waals surface area contributed by atoms with Crippen LogP contribution >= 0.6 is 0 Å². The highest BCUT2D eigenvalue weighted by atomic mass is 16.2. The van der Waals surface area contributed by atoms with Gasteiger partial charge in [0.15, 0.2) is 0 Å². The minimum Gasteiger partial charge on any atom is -0.354 e. The number of rotatable bonds is 32. The third kappa shape index (κ3) is 27.8. The van der Waals surface area contributed by atoms with Gasteiger partial charge in [-0.3, -0.25) is 19.2 Å². The molecule has 0 spiro atoms. The van der Waals surface area contributed by atoms with Gasteiger partial charge in [-0.05, 0) is 70.9 Å². The zero-order chi connectivity index (χ0) is 33.4. The predicted molar refractivity (Wildman–Crippen MR) is 186 cm³/mol. The highest BCUT2D eigenvalue weighted by molar-refractivity contribution is 5.87. The first-order chi connectivity index (χ1) is 21.8. The molecule has 0 aliphatic carbocycles. The number of carbonyl (C=O) groups is 4. The summed E-state index contributed by atoms with van der Waals surface area (Å²) in [5, 5.41) is 11.7. The molecule has 0 saturated heterocycles. The van der Waals surface area contributed by atoms with E-state index in [-0.39, 0.29) is 23.6 Å². The van der Waals surface area contributed by atoms with Crippen molar-refractivity contribution in [2.45, 2.75) is 174 Å². The summed E-state index contributed by atoms with van der Waals surface area (Å²) in [6.45, 7) is 6.13. The van der Waals surface area contributed by atoms with Crippen molar-refractivity contribution in [1.29, 1.82) is 0 Å². The van der Waals surface area contributed by atoms with Crippen LogP contribution in [0.5, 0.6) is 0 Å². The average molecular weight is 639 g/mol. The summed E-state index contributed by atoms with van der Waals surface area (Å²) in [5.74, 6) is -0.409. The third-order valence-electron chi connectivity index (χ3n) is 8.20. The number of hydrogen-bond acceptors (Lipinski definition) is 6. The van der Waals surface area contributed by atoms with E-state index in [2.05, 4.69) is 28.2 Å². The number of amides is 4. The molecule has 0 aromatic rings. The zero-order valence-corrected chi connectivity index (χ0v) is 29.0. The standard InChI is InChI=1S/C35H70N6O4/c1-3-4-5-6-11-14-21-29-39-35(45)32(24-18-20-27-37)41-33(43)25-16-13-10-8-7-9-12-15-22-28-38-34(44)31(40-30(2)42)23-17-19-26-36/h31-32H,3-29,36-37H2,1-2H3,(H,38,44)(H,39,45)(H,40,42)(H,41,43). The SMILES string of the molecule is CCCCCCCCCNC(=O)C(CCCCN)NC(=O)CCCCCCCCCCCNC(=O)C(CCCCN)NC(C)=O. The minimum absolute atomic E-state index is 0.0372. The van der Waals surface area contributed by atoms with E-state index in [0.29, 0.717) is 45.4 Å². The Kier molecular flexibility index (Phi) is 30.2. The fourth-order valence-corrected chi connectivity index (χ4v) is 5.43. The fraction of sp³-hybridized carbons (Fsp3) is 0.886. The molecule has 0 aromatic heterocycles. The van der Waals surface area contributed by atoms with E-state index in [0.717, 1.165) is 83.5 Å². The Hall–Kier alpha value is -2.20. The number of carbonyl (C=O) groups excluding carboxylic acids is 4. The molecule has 0 saturated carbocycles. The van der Waals surface area contributed by atoms with Crippen molar-refractivity contribution in [3.63, 3.8) is 0 Å². The van der Waals surface area contributed by atoms with Gasteiger partial charge in [0.05, 0.1) is 0 Å². The molecule has 0 aliphatic heterocycles. The number of nitrogens with two attached hydrogens (primary N) is 2. The van der Waals surface area contributed by atoms with Crippen molar-refractivity contribution >= 4 is 23.6 Å². The second-order valence-corrected chi connectivity index (χ2v) is 12.6. The smallest absolute Gasteiger partial charge is 0.242 e. The molecule has 2 atom stereocenters. The van der Waals surface area contributed by atoms with Crippen LogP contribution in [0.2, 0.25) is 0 Å². The summed E-state index contributed by atoms with van der Waals surface area (Å²) >= 11 is 0. The molecular weight excluding hydrogens is 568 g/mol. The Morgan fingerprint density at radius 1 is 0.511 bits per heavy atom. The van der Waals surface area contributed by atoms with Gasteiger partial charge in [0, 0.05) is 26.4 Å². The second kappa shape index (κ2) is 31.8. The van der Waals surface area contributed by atoms with E-state index >= 15 is 0 Å². The average Bonchev–Trinajstić information content (AvgIpc) is 3.01. The van der Waals surface area contributed by atoms with Crippen molar-refractivity contribution < 1.29 is 19.2 Å². The molecule has 0 rings (SSSR count). The Labute approximate surface area is 275 Å². The fourth-order valence-electron chi connectivity index (χ4n) is 5.43. The summed E-state index contributed by atoms with van der Waals surface area (Å²) in [6, 6.07) is -0.950. The van der Waals surface area contributed by atoms with E-state index in [1.807, 2.05) is 0 Å². The Bertz CT molecular complexity index is 752. The molecular formula is C35H70N6O4. The normalized spacial score (nSPS) is 12.4. The molecule has 0 aliphatic rings. The van der Waals surface area contributed by atoms with Gasteiger partial charge in [-0.2, -0.15) is 0 Å². The molecule has 0 radical (unpaired) electrons. The third-order valence-corrected chi connectivity index (χ3v) is 8.20. The summed E-state index contributed by atoms with van der Waals surface area (Å²) in [4.78, 5) is 49.1. The van der Waals surface area contributed by atoms with Gasteiger partial charge in [0.25, 0.3) is 0 Å². The Morgan fingerprint density at radius 2 is 0.911 bits per heavy atom. The highest BCUT2D eigenvalue weighted by Crippen LogP contribution is 2.11. The Morgan fingerprint density at radius 3 is 1.33 bits per heavy atom. The van der Waals surface area contributed by atoms with Crippen molar-refractivity contribution in [3.05, 3.63) is 0 Å². The van der Waals surface area contributed by atoms with Gasteiger partial charge in [-0.25, -0.2) is 0 Å². The number of nitrogens with one attached hydrogen (secondary N) is 4. The number of unbranched alkanes of at least 4 members (excludes halogenated alkanes) is 16. The van der Waals surface area contributed by atoms with Gasteiger partial charge >= 0.3 is 0 Å². The van der Waals surface area contributed by atoms with Crippen LogP contribution < -0.4 is 32.7 Å². The van der Waals surface area contributed by atoms with Gasteiger partial charge in [0.2, 0.25) is 23.6 Å². The zero-order valence-electron chi connectivity index (χ0n) is 29.0. The van der Waals surface area contributed by atoms with Gasteiger partial charge in [-0.1, -0.05) is 90.4 Å². The summed E-state index contributed by atoms with van der Waals surface area (Å²) in [6.07, 6.45) is 23.1. The lowest BCUT2D eigenvalue weighted by atomic mass is 10.1. The maximum Gasteiger partial charge on any atom is 0.242 e. The van der Waals surface area contributed by atoms with Crippen LogP contribution in [-0.2, 0) is 19.2 Å². The van der Waals surface area contributed by atoms with E-state index in [4.69, 9.17) is 11.5 Å². The van der Waals surface area contributed by atoms with Gasteiger partial charge in [-0.15, -0.1) is 0 Å². The van der Waals surface area contributed by atoms with E-state index in [9.17, 15) is 19.2 Å². The van der Waals surface area contributed by atoms with Gasteiger partial charge in [0.1, 0.15) is 12.1 Å². The molecule has 0 fully saturated rings. The van der Waals surface area contributed by atoms with E-state index in [1.54, 1.807) is 0 Å². The summed E-state index contributed by atoms with van der Waals surface area (Å²) in [7, 11) is 0. The first-order valence-corrected chi connectivity index (χ1v) is 18.4. The quantitative estimate of drug-likeness (QED) is 0.0559. The van der Waals surface area contributed by atoms with E-state index < -0.39 is 12.1 Å². The predicted octanol–water partition coefficient (Wildman–Crippen LogP) is 5.12. The maximum absolute atomic E-state index is 12.7. The topological polar surface area (TPSA) is 168 Å². The molecule has 264 valence electrons. The molecule has 10 heteroatoms. The first-order valence-electron chi connectivity index (χ1n) is 18.4. The lowest BCUT2D eigenvalue weighted by Crippen LogP contribution is -2.47. The minimum atomic E-state index is -0.480. The van der Waals surface area contributed by atoms with Crippen LogP contribution in [0, 0.1) is 0 Å². The van der Waals surface area contributed by atoms with Crippen LogP contribution in [-0.4, -0.2) is 61.9 Å². The van der Waals surface area contributed by atoms with Crippen molar-refractivity contribution in [3.8, 4) is 0 Å². The van der Waals surface area contributed by atoms with Crippen molar-refractivity contribution in [2.24, 2.45) is 11.5 Å². The Balaban J connectivity index is 3.97. The van der Waals surface area contributed by atoms with Crippen LogP contribution in [0.4, 0.5) is 0 Å². The molecule has 45 heavy (non-hydrogen) atoms. The lowest BCUT2D eigenvalue weighted by Gasteiger charge is -2.18. The lowest BCUT2D eigenvalue weighted by molar-refractivity contribution is -0.129. The monoisotopic (exact) mass is 639 g/mol. The van der Waals surface area contributed by atoms with Gasteiger partial charge < -0.3 is 32.7 Å². The van der Waals surface area contributed by atoms with Crippen LogP contribution in [0.3, 0.4) is 0 Å². The van der Waals surface area contributed by atoms with Crippen molar-refractivity contribution in [1.82, 2.24) is 21.3 Å². The molecule has 8 N–H and O–H groups in total. The van der Waals surface area contributed by atoms with E-state index in [1.165, 1.54) is 51.9 Å². The molecule has 0 aromatic carbocycles. The summed E-state index contributed by atoms with van der Waals surface area (Å²) < 4.78 is 0. The molecule has 10 nitrogen and oxygen atoms in total. The molecule has 2 unspecified atom stereocenters. The van der Waals surface area contributed by atoms with Crippen molar-refractivity contribution in [2.75, 3.05) is 26.2 Å². The number of hydrogen-bond donors (Lipinski definition) is 6. The van der Waals surface area contributed by atoms with Crippen LogP contribution in [0.25, 0.3) is 0 Å². The molecule has 4 amide bonds. The highest BCUT2D eigenvalue weighted by Gasteiger charge is 2.20. The first kappa shape index (κ1) is 42.8.